The minimum absolute atomic E-state index is 0.792. The second kappa shape index (κ2) is 8.41. The minimum atomic E-state index is 0.792. The lowest BCUT2D eigenvalue weighted by atomic mass is 10.2. The van der Waals surface area contributed by atoms with E-state index in [0.29, 0.717) is 0 Å². The number of benzene rings is 1. The van der Waals surface area contributed by atoms with E-state index >= 15 is 0 Å². The van der Waals surface area contributed by atoms with Crippen molar-refractivity contribution in [1.82, 2.24) is 19.7 Å². The first kappa shape index (κ1) is 18.5. The zero-order chi connectivity index (χ0) is 19.3. The van der Waals surface area contributed by atoms with Gasteiger partial charge in [-0.15, -0.1) is 0 Å². The summed E-state index contributed by atoms with van der Waals surface area (Å²) < 4.78 is 7.30. The van der Waals surface area contributed by atoms with E-state index in [4.69, 9.17) is 4.74 Å². The average molecular weight is 378 g/mol. The van der Waals surface area contributed by atoms with Crippen LogP contribution in [0.25, 0.3) is 5.69 Å². The first-order valence-corrected chi connectivity index (χ1v) is 9.53. The summed E-state index contributed by atoms with van der Waals surface area (Å²) in [6.07, 6.45) is 3.78. The van der Waals surface area contributed by atoms with Gasteiger partial charge in [0.1, 0.15) is 5.82 Å². The van der Waals surface area contributed by atoms with Crippen LogP contribution < -0.4 is 10.2 Å². The topological polar surface area (TPSA) is 58.5 Å². The molecule has 2 aromatic heterocycles. The molecule has 3 heterocycles. The molecule has 1 fully saturated rings. The van der Waals surface area contributed by atoms with Gasteiger partial charge < -0.3 is 19.9 Å². The SMILES string of the molecule is CN(C)Cc1ccn(-c2ccnc(Nc3ccc(N4CCOCC4)cc3)c2)n1. The second-order valence-electron chi connectivity index (χ2n) is 7.16. The number of nitrogens with one attached hydrogen (secondary N) is 1. The van der Waals surface area contributed by atoms with Gasteiger partial charge in [-0.3, -0.25) is 0 Å². The second-order valence-corrected chi connectivity index (χ2v) is 7.16. The molecule has 0 aliphatic carbocycles. The number of nitrogens with zero attached hydrogens (tertiary/aromatic N) is 5. The van der Waals surface area contributed by atoms with Gasteiger partial charge >= 0.3 is 0 Å². The van der Waals surface area contributed by atoms with Gasteiger partial charge in [0.25, 0.3) is 0 Å². The fourth-order valence-electron chi connectivity index (χ4n) is 3.27. The lowest BCUT2D eigenvalue weighted by molar-refractivity contribution is 0.122. The van der Waals surface area contributed by atoms with Gasteiger partial charge in [0.15, 0.2) is 0 Å². The predicted octanol–water partition coefficient (Wildman–Crippen LogP) is 2.91. The number of anilines is 3. The van der Waals surface area contributed by atoms with Crippen molar-refractivity contribution < 1.29 is 4.74 Å². The molecule has 7 heteroatoms. The van der Waals surface area contributed by atoms with Crippen molar-refractivity contribution in [2.24, 2.45) is 0 Å². The molecular weight excluding hydrogens is 352 g/mol. The first-order chi connectivity index (χ1) is 13.7. The predicted molar refractivity (Wildman–Crippen MR) is 112 cm³/mol. The van der Waals surface area contributed by atoms with E-state index in [9.17, 15) is 0 Å². The highest BCUT2D eigenvalue weighted by atomic mass is 16.5. The number of ether oxygens (including phenoxy) is 1. The van der Waals surface area contributed by atoms with Crippen LogP contribution in [0.1, 0.15) is 5.69 Å². The third kappa shape index (κ3) is 4.49. The molecule has 1 saturated heterocycles. The van der Waals surface area contributed by atoms with Crippen LogP contribution in [0.15, 0.2) is 54.9 Å². The number of pyridine rings is 1. The molecule has 0 atom stereocenters. The van der Waals surface area contributed by atoms with Crippen LogP contribution in [-0.2, 0) is 11.3 Å². The summed E-state index contributed by atoms with van der Waals surface area (Å²) in [6, 6.07) is 14.4. The largest absolute Gasteiger partial charge is 0.378 e. The van der Waals surface area contributed by atoms with Crippen LogP contribution in [0.4, 0.5) is 17.2 Å². The van der Waals surface area contributed by atoms with Crippen LogP contribution in [0.5, 0.6) is 0 Å². The average Bonchev–Trinajstić information content (AvgIpc) is 3.17. The van der Waals surface area contributed by atoms with E-state index in [-0.39, 0.29) is 0 Å². The number of aromatic nitrogens is 3. The van der Waals surface area contributed by atoms with Gasteiger partial charge in [-0.05, 0) is 50.5 Å². The van der Waals surface area contributed by atoms with Crippen molar-refractivity contribution in [2.45, 2.75) is 6.54 Å². The van der Waals surface area contributed by atoms with Crippen molar-refractivity contribution in [3.05, 3.63) is 60.6 Å². The zero-order valence-electron chi connectivity index (χ0n) is 16.4. The third-order valence-electron chi connectivity index (χ3n) is 4.65. The van der Waals surface area contributed by atoms with Crippen LogP contribution >= 0.6 is 0 Å². The number of hydrogen-bond acceptors (Lipinski definition) is 6. The molecule has 146 valence electrons. The van der Waals surface area contributed by atoms with Crippen LogP contribution in [0, 0.1) is 0 Å². The Labute approximate surface area is 165 Å². The number of morpholine rings is 1. The summed E-state index contributed by atoms with van der Waals surface area (Å²) >= 11 is 0. The third-order valence-corrected chi connectivity index (χ3v) is 4.65. The lowest BCUT2D eigenvalue weighted by Gasteiger charge is -2.28. The molecule has 0 saturated carbocycles. The van der Waals surface area contributed by atoms with Gasteiger partial charge in [-0.1, -0.05) is 0 Å². The van der Waals surface area contributed by atoms with E-state index in [0.717, 1.165) is 55.7 Å². The summed E-state index contributed by atoms with van der Waals surface area (Å²) in [5, 5.41) is 8.02. The maximum atomic E-state index is 5.42. The molecule has 1 N–H and O–H groups in total. The maximum Gasteiger partial charge on any atom is 0.132 e. The van der Waals surface area contributed by atoms with Gasteiger partial charge in [0.05, 0.1) is 24.6 Å². The Hall–Kier alpha value is -2.90. The summed E-state index contributed by atoms with van der Waals surface area (Å²) in [5.41, 5.74) is 4.25. The highest BCUT2D eigenvalue weighted by Crippen LogP contribution is 2.22. The molecule has 28 heavy (non-hydrogen) atoms. The van der Waals surface area contributed by atoms with E-state index in [1.165, 1.54) is 5.69 Å². The van der Waals surface area contributed by atoms with E-state index in [2.05, 4.69) is 49.5 Å². The summed E-state index contributed by atoms with van der Waals surface area (Å²) in [5.74, 6) is 0.793. The Balaban J connectivity index is 1.45. The van der Waals surface area contributed by atoms with Crippen molar-refractivity contribution >= 4 is 17.2 Å². The highest BCUT2D eigenvalue weighted by Gasteiger charge is 2.11. The van der Waals surface area contributed by atoms with Crippen molar-refractivity contribution in [1.29, 1.82) is 0 Å². The molecule has 1 aromatic carbocycles. The minimum Gasteiger partial charge on any atom is -0.378 e. The summed E-state index contributed by atoms with van der Waals surface area (Å²) in [6.45, 7) is 4.28. The lowest BCUT2D eigenvalue weighted by Crippen LogP contribution is -2.36. The summed E-state index contributed by atoms with van der Waals surface area (Å²) in [7, 11) is 4.08. The van der Waals surface area contributed by atoms with Crippen molar-refractivity contribution in [3.8, 4) is 5.69 Å². The normalized spacial score (nSPS) is 14.5. The van der Waals surface area contributed by atoms with Crippen molar-refractivity contribution in [3.63, 3.8) is 0 Å². The first-order valence-electron chi connectivity index (χ1n) is 9.53. The van der Waals surface area contributed by atoms with Gasteiger partial charge in [0, 0.05) is 49.5 Å². The standard InChI is InChI=1S/C21H26N6O/c1-25(2)16-18-8-10-27(24-18)20-7-9-22-21(15-20)23-17-3-5-19(6-4-17)26-11-13-28-14-12-26/h3-10,15H,11-14,16H2,1-2H3,(H,22,23). The van der Waals surface area contributed by atoms with Crippen LogP contribution in [-0.4, -0.2) is 60.1 Å². The summed E-state index contributed by atoms with van der Waals surface area (Å²) in [4.78, 5) is 8.89. The molecule has 7 nitrogen and oxygen atoms in total. The fourth-order valence-corrected chi connectivity index (χ4v) is 3.27. The van der Waals surface area contributed by atoms with Crippen LogP contribution in [0.2, 0.25) is 0 Å². The van der Waals surface area contributed by atoms with Gasteiger partial charge in [-0.25, -0.2) is 9.67 Å². The van der Waals surface area contributed by atoms with Crippen LogP contribution in [0.3, 0.4) is 0 Å². The molecule has 0 amide bonds. The molecule has 0 bridgehead atoms. The Bertz CT molecular complexity index is 899. The Morgan fingerprint density at radius 2 is 1.82 bits per heavy atom. The van der Waals surface area contributed by atoms with Gasteiger partial charge in [-0.2, -0.15) is 5.10 Å². The molecule has 1 aliphatic heterocycles. The van der Waals surface area contributed by atoms with Gasteiger partial charge in [0.2, 0.25) is 0 Å². The van der Waals surface area contributed by atoms with E-state index in [1.807, 2.05) is 43.2 Å². The zero-order valence-corrected chi connectivity index (χ0v) is 16.4. The van der Waals surface area contributed by atoms with E-state index < -0.39 is 0 Å². The van der Waals surface area contributed by atoms with Crippen molar-refractivity contribution in [2.75, 3.05) is 50.6 Å². The number of hydrogen-bond donors (Lipinski definition) is 1. The highest BCUT2D eigenvalue weighted by molar-refractivity contribution is 5.62. The molecule has 4 rings (SSSR count). The molecule has 0 unspecified atom stereocenters. The Morgan fingerprint density at radius 1 is 1.04 bits per heavy atom. The molecular formula is C21H26N6O. The Morgan fingerprint density at radius 3 is 2.57 bits per heavy atom. The Kier molecular flexibility index (Phi) is 5.55. The smallest absolute Gasteiger partial charge is 0.132 e. The monoisotopic (exact) mass is 378 g/mol. The molecule has 0 radical (unpaired) electrons. The quantitative estimate of drug-likeness (QED) is 0.712. The van der Waals surface area contributed by atoms with E-state index in [1.54, 1.807) is 6.20 Å². The molecule has 3 aromatic rings. The molecule has 0 spiro atoms. The number of rotatable bonds is 6. The molecule has 1 aliphatic rings. The fraction of sp³-hybridized carbons (Fsp3) is 0.333. The maximum absolute atomic E-state index is 5.42.